The van der Waals surface area contributed by atoms with Gasteiger partial charge < -0.3 is 14.6 Å². The Labute approximate surface area is 187 Å². The highest BCUT2D eigenvalue weighted by Gasteiger charge is 2.12. The van der Waals surface area contributed by atoms with Crippen molar-refractivity contribution in [3.8, 4) is 5.75 Å². The number of aromatic nitrogens is 1. The lowest BCUT2D eigenvalue weighted by atomic mass is 10.1. The van der Waals surface area contributed by atoms with Crippen molar-refractivity contribution in [1.29, 1.82) is 0 Å². The number of amides is 1. The fourth-order valence-electron chi connectivity index (χ4n) is 3.65. The third kappa shape index (κ3) is 5.12. The van der Waals surface area contributed by atoms with Crippen molar-refractivity contribution in [2.24, 2.45) is 0 Å². The second-order valence-electron chi connectivity index (χ2n) is 7.39. The highest BCUT2D eigenvalue weighted by molar-refractivity contribution is 8.00. The summed E-state index contributed by atoms with van der Waals surface area (Å²) in [5, 5.41) is 4.14. The average molecular weight is 431 g/mol. The Balaban J connectivity index is 1.49. The number of benzene rings is 3. The van der Waals surface area contributed by atoms with Gasteiger partial charge in [0.1, 0.15) is 5.75 Å². The number of carbonyl (C=O) groups excluding carboxylic acids is 1. The molecule has 5 heteroatoms. The number of hydrogen-bond donors (Lipinski definition) is 1. The first-order chi connectivity index (χ1) is 15.1. The third-order valence-corrected chi connectivity index (χ3v) is 6.05. The van der Waals surface area contributed by atoms with E-state index in [4.69, 9.17) is 4.74 Å². The number of thioether (sulfide) groups is 1. The molecule has 4 aromatic rings. The minimum Gasteiger partial charge on any atom is -0.492 e. The zero-order chi connectivity index (χ0) is 21.6. The van der Waals surface area contributed by atoms with E-state index >= 15 is 0 Å². The molecule has 0 radical (unpaired) electrons. The number of ether oxygens (including phenoxy) is 1. The number of carbonyl (C=O) groups is 1. The number of para-hydroxylation sites is 3. The standard InChI is InChI=1S/C26H26N2O2S/c1-3-30-24-14-7-5-12-22(24)27-26(29)18-31-25-17-28(23-13-6-4-11-21(23)25)16-20-10-8-9-19(2)15-20/h4-15,17H,3,16,18H2,1-2H3,(H,27,29). The summed E-state index contributed by atoms with van der Waals surface area (Å²) in [6, 6.07) is 24.4. The molecule has 0 fully saturated rings. The van der Waals surface area contributed by atoms with Gasteiger partial charge in [-0.25, -0.2) is 0 Å². The van der Waals surface area contributed by atoms with Gasteiger partial charge in [-0.3, -0.25) is 4.79 Å². The van der Waals surface area contributed by atoms with Gasteiger partial charge in [-0.05, 0) is 37.6 Å². The molecule has 0 bridgehead atoms. The first-order valence-corrected chi connectivity index (χ1v) is 11.4. The lowest BCUT2D eigenvalue weighted by Crippen LogP contribution is -2.14. The van der Waals surface area contributed by atoms with Crippen LogP contribution in [0, 0.1) is 6.92 Å². The Morgan fingerprint density at radius 1 is 1.03 bits per heavy atom. The van der Waals surface area contributed by atoms with Gasteiger partial charge in [0.2, 0.25) is 5.91 Å². The van der Waals surface area contributed by atoms with E-state index in [-0.39, 0.29) is 5.91 Å². The van der Waals surface area contributed by atoms with Gasteiger partial charge in [-0.2, -0.15) is 0 Å². The normalized spacial score (nSPS) is 10.9. The number of nitrogens with zero attached hydrogens (tertiary/aromatic N) is 1. The zero-order valence-electron chi connectivity index (χ0n) is 17.8. The summed E-state index contributed by atoms with van der Waals surface area (Å²) in [6.07, 6.45) is 2.15. The summed E-state index contributed by atoms with van der Waals surface area (Å²) < 4.78 is 7.86. The average Bonchev–Trinajstić information content (AvgIpc) is 3.11. The van der Waals surface area contributed by atoms with Crippen molar-refractivity contribution >= 4 is 34.3 Å². The number of aryl methyl sites for hydroxylation is 1. The Kier molecular flexibility index (Phi) is 6.63. The molecule has 0 aliphatic heterocycles. The van der Waals surface area contributed by atoms with Crippen LogP contribution in [0.5, 0.6) is 5.75 Å². The second kappa shape index (κ2) is 9.75. The van der Waals surface area contributed by atoms with Crippen LogP contribution in [0.25, 0.3) is 10.9 Å². The van der Waals surface area contributed by atoms with E-state index in [1.165, 1.54) is 22.0 Å². The van der Waals surface area contributed by atoms with Crippen molar-refractivity contribution in [2.75, 3.05) is 17.7 Å². The van der Waals surface area contributed by atoms with Gasteiger partial charge in [0.05, 0.1) is 18.0 Å². The van der Waals surface area contributed by atoms with E-state index in [1.807, 2.05) is 37.3 Å². The SMILES string of the molecule is CCOc1ccccc1NC(=O)CSc1cn(Cc2cccc(C)c2)c2ccccc12. The van der Waals surface area contributed by atoms with E-state index < -0.39 is 0 Å². The molecule has 3 aromatic carbocycles. The molecular weight excluding hydrogens is 404 g/mol. The summed E-state index contributed by atoms with van der Waals surface area (Å²) in [6.45, 7) is 5.40. The van der Waals surface area contributed by atoms with Gasteiger partial charge in [0.15, 0.2) is 0 Å². The van der Waals surface area contributed by atoms with Crippen molar-refractivity contribution in [1.82, 2.24) is 4.57 Å². The van der Waals surface area contributed by atoms with Gasteiger partial charge >= 0.3 is 0 Å². The molecule has 0 spiro atoms. The summed E-state index contributed by atoms with van der Waals surface area (Å²) in [4.78, 5) is 13.7. The predicted octanol–water partition coefficient (Wildman–Crippen LogP) is 6.13. The smallest absolute Gasteiger partial charge is 0.234 e. The largest absolute Gasteiger partial charge is 0.492 e. The minimum atomic E-state index is -0.0485. The number of nitrogens with one attached hydrogen (secondary N) is 1. The molecule has 1 heterocycles. The molecule has 0 saturated carbocycles. The van der Waals surface area contributed by atoms with Crippen LogP contribution in [0.4, 0.5) is 5.69 Å². The second-order valence-corrected chi connectivity index (χ2v) is 8.41. The van der Waals surface area contributed by atoms with Crippen LogP contribution in [0.15, 0.2) is 83.9 Å². The van der Waals surface area contributed by atoms with Crippen molar-refractivity contribution in [2.45, 2.75) is 25.3 Å². The maximum absolute atomic E-state index is 12.6. The molecule has 4 rings (SSSR count). The van der Waals surface area contributed by atoms with Gasteiger partial charge in [0.25, 0.3) is 0 Å². The summed E-state index contributed by atoms with van der Waals surface area (Å²) in [7, 11) is 0. The van der Waals surface area contributed by atoms with Crippen LogP contribution in [0.3, 0.4) is 0 Å². The molecule has 0 atom stereocenters. The van der Waals surface area contributed by atoms with Crippen LogP contribution in [0.1, 0.15) is 18.1 Å². The van der Waals surface area contributed by atoms with Crippen molar-refractivity contribution < 1.29 is 9.53 Å². The highest BCUT2D eigenvalue weighted by Crippen LogP contribution is 2.31. The van der Waals surface area contributed by atoms with E-state index in [9.17, 15) is 4.79 Å². The molecule has 1 aromatic heterocycles. The Bertz CT molecular complexity index is 1200. The maximum atomic E-state index is 12.6. The first kappa shape index (κ1) is 21.1. The molecule has 1 N–H and O–H groups in total. The topological polar surface area (TPSA) is 43.3 Å². The first-order valence-electron chi connectivity index (χ1n) is 10.4. The Morgan fingerprint density at radius 2 is 1.84 bits per heavy atom. The molecule has 0 aliphatic rings. The number of hydrogen-bond acceptors (Lipinski definition) is 3. The van der Waals surface area contributed by atoms with Gasteiger partial charge in [-0.15, -0.1) is 11.8 Å². The maximum Gasteiger partial charge on any atom is 0.234 e. The van der Waals surface area contributed by atoms with E-state index in [0.717, 1.165) is 11.4 Å². The monoisotopic (exact) mass is 430 g/mol. The van der Waals surface area contributed by atoms with E-state index in [1.54, 1.807) is 11.8 Å². The van der Waals surface area contributed by atoms with Gasteiger partial charge in [-0.1, -0.05) is 60.2 Å². The molecule has 0 saturated heterocycles. The minimum absolute atomic E-state index is 0.0485. The molecule has 1 amide bonds. The van der Waals surface area contributed by atoms with E-state index in [0.29, 0.717) is 23.8 Å². The zero-order valence-corrected chi connectivity index (χ0v) is 18.6. The molecule has 0 unspecified atom stereocenters. The number of anilines is 1. The molecule has 31 heavy (non-hydrogen) atoms. The van der Waals surface area contributed by atoms with E-state index in [2.05, 4.69) is 65.5 Å². The van der Waals surface area contributed by atoms with Crippen LogP contribution < -0.4 is 10.1 Å². The Hall–Kier alpha value is -3.18. The van der Waals surface area contributed by atoms with Crippen LogP contribution >= 0.6 is 11.8 Å². The van der Waals surface area contributed by atoms with Crippen LogP contribution in [0.2, 0.25) is 0 Å². The predicted molar refractivity (Wildman–Crippen MR) is 129 cm³/mol. The number of fused-ring (bicyclic) bond motifs is 1. The van der Waals surface area contributed by atoms with Crippen molar-refractivity contribution in [3.63, 3.8) is 0 Å². The van der Waals surface area contributed by atoms with Gasteiger partial charge in [0, 0.05) is 28.5 Å². The molecular formula is C26H26N2O2S. The lowest BCUT2D eigenvalue weighted by Gasteiger charge is -2.11. The van der Waals surface area contributed by atoms with Crippen molar-refractivity contribution in [3.05, 3.63) is 90.1 Å². The Morgan fingerprint density at radius 3 is 2.68 bits per heavy atom. The van der Waals surface area contributed by atoms with Crippen LogP contribution in [-0.4, -0.2) is 22.8 Å². The quantitative estimate of drug-likeness (QED) is 0.342. The summed E-state index contributed by atoms with van der Waals surface area (Å²) in [5.41, 5.74) is 4.40. The number of rotatable bonds is 8. The lowest BCUT2D eigenvalue weighted by molar-refractivity contribution is -0.113. The fraction of sp³-hybridized carbons (Fsp3) is 0.192. The molecule has 4 nitrogen and oxygen atoms in total. The molecule has 158 valence electrons. The molecule has 0 aliphatic carbocycles. The van der Waals surface area contributed by atoms with Crippen LogP contribution in [-0.2, 0) is 11.3 Å². The summed E-state index contributed by atoms with van der Waals surface area (Å²) >= 11 is 1.56. The summed E-state index contributed by atoms with van der Waals surface area (Å²) in [5.74, 6) is 0.976. The fourth-order valence-corrected chi connectivity index (χ4v) is 4.54. The highest BCUT2D eigenvalue weighted by atomic mass is 32.2. The third-order valence-electron chi connectivity index (χ3n) is 5.01.